The van der Waals surface area contributed by atoms with Gasteiger partial charge in [0.25, 0.3) is 0 Å². The van der Waals surface area contributed by atoms with Gasteiger partial charge in [-0.1, -0.05) is 31.9 Å². The highest BCUT2D eigenvalue weighted by Gasteiger charge is 2.21. The number of alkyl carbamates (subject to hydrolysis) is 2. The van der Waals surface area contributed by atoms with E-state index >= 15 is 0 Å². The molecule has 0 aliphatic heterocycles. The summed E-state index contributed by atoms with van der Waals surface area (Å²) in [6, 6.07) is 5.81. The summed E-state index contributed by atoms with van der Waals surface area (Å²) in [5.74, 6) is -0.168. The average Bonchev–Trinajstić information content (AvgIpc) is 2.42. The fourth-order valence-electron chi connectivity index (χ4n) is 2.16. The standard InChI is InChI=1S/C19H28Br2N2O4/c1-18(2,3)26-16(24)22-10-13(11-23-17(25)27-19(4,5)6)12-7-14(20)9-15(21)8-12/h7-9,13H,10-11H2,1-6H3,(H,22,24)(H,23,25). The number of ether oxygens (including phenoxy) is 2. The molecular formula is C19H28Br2N2O4. The second-order valence-corrected chi connectivity index (χ2v) is 10.00. The molecule has 0 fully saturated rings. The predicted octanol–water partition coefficient (Wildman–Crippen LogP) is 5.34. The third-order valence-corrected chi connectivity index (χ3v) is 4.06. The minimum atomic E-state index is -0.576. The van der Waals surface area contributed by atoms with E-state index in [9.17, 15) is 9.59 Å². The Morgan fingerprint density at radius 2 is 1.22 bits per heavy atom. The Morgan fingerprint density at radius 1 is 0.852 bits per heavy atom. The van der Waals surface area contributed by atoms with Gasteiger partial charge in [0.15, 0.2) is 0 Å². The number of benzene rings is 1. The summed E-state index contributed by atoms with van der Waals surface area (Å²) in [4.78, 5) is 24.0. The van der Waals surface area contributed by atoms with Crippen LogP contribution in [0.1, 0.15) is 53.0 Å². The van der Waals surface area contributed by atoms with E-state index in [1.807, 2.05) is 18.2 Å². The van der Waals surface area contributed by atoms with E-state index in [4.69, 9.17) is 9.47 Å². The molecule has 0 heterocycles. The van der Waals surface area contributed by atoms with Gasteiger partial charge in [0.1, 0.15) is 11.2 Å². The number of hydrogen-bond donors (Lipinski definition) is 2. The van der Waals surface area contributed by atoms with Crippen molar-refractivity contribution >= 4 is 44.0 Å². The zero-order valence-corrected chi connectivity index (χ0v) is 19.8. The highest BCUT2D eigenvalue weighted by Crippen LogP contribution is 2.25. The van der Waals surface area contributed by atoms with Gasteiger partial charge in [-0.3, -0.25) is 0 Å². The lowest BCUT2D eigenvalue weighted by Gasteiger charge is -2.24. The van der Waals surface area contributed by atoms with Crippen molar-refractivity contribution in [2.24, 2.45) is 0 Å². The monoisotopic (exact) mass is 506 g/mol. The first-order valence-corrected chi connectivity index (χ1v) is 10.2. The first-order valence-electron chi connectivity index (χ1n) is 8.65. The fraction of sp³-hybridized carbons (Fsp3) is 0.579. The van der Waals surface area contributed by atoms with Gasteiger partial charge in [-0.25, -0.2) is 9.59 Å². The summed E-state index contributed by atoms with van der Waals surface area (Å²) >= 11 is 6.93. The van der Waals surface area contributed by atoms with Crippen molar-refractivity contribution in [1.82, 2.24) is 10.6 Å². The highest BCUT2D eigenvalue weighted by molar-refractivity contribution is 9.11. The first-order chi connectivity index (χ1) is 12.2. The van der Waals surface area contributed by atoms with Crippen molar-refractivity contribution in [3.8, 4) is 0 Å². The van der Waals surface area contributed by atoms with Gasteiger partial charge in [0.05, 0.1) is 0 Å². The zero-order valence-electron chi connectivity index (χ0n) is 16.6. The molecule has 0 aliphatic carbocycles. The maximum absolute atomic E-state index is 12.0. The molecule has 152 valence electrons. The van der Waals surface area contributed by atoms with Crippen LogP contribution in [0, 0.1) is 0 Å². The van der Waals surface area contributed by atoms with Crippen LogP contribution in [0.3, 0.4) is 0 Å². The molecule has 8 heteroatoms. The maximum atomic E-state index is 12.0. The number of carbonyl (C=O) groups excluding carboxylic acids is 2. The van der Waals surface area contributed by atoms with Gasteiger partial charge < -0.3 is 20.1 Å². The van der Waals surface area contributed by atoms with Crippen LogP contribution in [0.2, 0.25) is 0 Å². The van der Waals surface area contributed by atoms with E-state index in [1.165, 1.54) is 0 Å². The van der Waals surface area contributed by atoms with E-state index in [-0.39, 0.29) is 5.92 Å². The molecule has 0 aromatic heterocycles. The van der Waals surface area contributed by atoms with Crippen molar-refractivity contribution in [2.75, 3.05) is 13.1 Å². The van der Waals surface area contributed by atoms with E-state index in [0.29, 0.717) is 13.1 Å². The molecule has 2 N–H and O–H groups in total. The molecule has 2 amide bonds. The lowest BCUT2D eigenvalue weighted by Crippen LogP contribution is -2.39. The van der Waals surface area contributed by atoms with Gasteiger partial charge >= 0.3 is 12.2 Å². The normalized spacial score (nSPS) is 11.9. The number of hydrogen-bond acceptors (Lipinski definition) is 4. The maximum Gasteiger partial charge on any atom is 0.407 e. The Hall–Kier alpha value is -1.28. The molecule has 1 aromatic carbocycles. The summed E-state index contributed by atoms with van der Waals surface area (Å²) in [6.45, 7) is 11.4. The molecule has 0 aliphatic rings. The van der Waals surface area contributed by atoms with Crippen LogP contribution in [-0.2, 0) is 9.47 Å². The number of rotatable bonds is 5. The highest BCUT2D eigenvalue weighted by atomic mass is 79.9. The molecule has 0 spiro atoms. The van der Waals surface area contributed by atoms with E-state index in [2.05, 4.69) is 42.5 Å². The van der Waals surface area contributed by atoms with Crippen LogP contribution >= 0.6 is 31.9 Å². The van der Waals surface area contributed by atoms with Crippen LogP contribution in [0.5, 0.6) is 0 Å². The van der Waals surface area contributed by atoms with Crippen molar-refractivity contribution in [3.63, 3.8) is 0 Å². The largest absolute Gasteiger partial charge is 0.444 e. The molecule has 0 unspecified atom stereocenters. The summed E-state index contributed by atoms with van der Waals surface area (Å²) in [7, 11) is 0. The number of carbonyl (C=O) groups is 2. The summed E-state index contributed by atoms with van der Waals surface area (Å²) in [5, 5.41) is 5.53. The number of halogens is 2. The Morgan fingerprint density at radius 3 is 1.56 bits per heavy atom. The Labute approximate surface area is 178 Å². The third-order valence-electron chi connectivity index (χ3n) is 3.14. The van der Waals surface area contributed by atoms with E-state index in [0.717, 1.165) is 14.5 Å². The zero-order chi connectivity index (χ0) is 20.8. The van der Waals surface area contributed by atoms with Crippen molar-refractivity contribution in [2.45, 2.75) is 58.7 Å². The van der Waals surface area contributed by atoms with Gasteiger partial charge in [0.2, 0.25) is 0 Å². The van der Waals surface area contributed by atoms with Crippen molar-refractivity contribution in [3.05, 3.63) is 32.7 Å². The molecule has 0 saturated carbocycles. The number of nitrogens with one attached hydrogen (secondary N) is 2. The first kappa shape index (κ1) is 23.8. The average molecular weight is 508 g/mol. The van der Waals surface area contributed by atoms with E-state index in [1.54, 1.807) is 41.5 Å². The summed E-state index contributed by atoms with van der Waals surface area (Å²) in [5.41, 5.74) is -0.205. The molecule has 0 saturated heterocycles. The van der Waals surface area contributed by atoms with Crippen LogP contribution in [-0.4, -0.2) is 36.5 Å². The predicted molar refractivity (Wildman–Crippen MR) is 113 cm³/mol. The van der Waals surface area contributed by atoms with Crippen LogP contribution in [0.15, 0.2) is 27.1 Å². The molecule has 0 bridgehead atoms. The molecule has 1 aromatic rings. The van der Waals surface area contributed by atoms with Crippen LogP contribution in [0.4, 0.5) is 9.59 Å². The Balaban J connectivity index is 2.83. The van der Waals surface area contributed by atoms with Gasteiger partial charge in [-0.15, -0.1) is 0 Å². The smallest absolute Gasteiger partial charge is 0.407 e. The second-order valence-electron chi connectivity index (χ2n) is 8.17. The molecule has 0 atom stereocenters. The molecule has 0 radical (unpaired) electrons. The fourth-order valence-corrected chi connectivity index (χ4v) is 3.49. The van der Waals surface area contributed by atoms with E-state index < -0.39 is 23.4 Å². The number of amides is 2. The minimum Gasteiger partial charge on any atom is -0.444 e. The van der Waals surface area contributed by atoms with Gasteiger partial charge in [-0.05, 0) is 65.3 Å². The Kier molecular flexibility index (Phi) is 8.60. The van der Waals surface area contributed by atoms with Crippen LogP contribution < -0.4 is 10.6 Å². The SMILES string of the molecule is CC(C)(C)OC(=O)NCC(CNC(=O)OC(C)(C)C)c1cc(Br)cc(Br)c1. The van der Waals surface area contributed by atoms with Crippen molar-refractivity contribution in [1.29, 1.82) is 0 Å². The Bertz CT molecular complexity index is 614. The minimum absolute atomic E-state index is 0.168. The molecular weight excluding hydrogens is 480 g/mol. The quantitative estimate of drug-likeness (QED) is 0.563. The van der Waals surface area contributed by atoms with Crippen molar-refractivity contribution < 1.29 is 19.1 Å². The summed E-state index contributed by atoms with van der Waals surface area (Å²) < 4.78 is 12.4. The molecule has 27 heavy (non-hydrogen) atoms. The van der Waals surface area contributed by atoms with Crippen LogP contribution in [0.25, 0.3) is 0 Å². The summed E-state index contributed by atoms with van der Waals surface area (Å²) in [6.07, 6.45) is -1.00. The third kappa shape index (κ3) is 10.6. The topological polar surface area (TPSA) is 76.7 Å². The second kappa shape index (κ2) is 9.78. The lowest BCUT2D eigenvalue weighted by atomic mass is 9.99. The lowest BCUT2D eigenvalue weighted by molar-refractivity contribution is 0.0519. The molecule has 6 nitrogen and oxygen atoms in total. The van der Waals surface area contributed by atoms with Gasteiger partial charge in [-0.2, -0.15) is 0 Å². The molecule has 1 rings (SSSR count). The van der Waals surface area contributed by atoms with Gasteiger partial charge in [0, 0.05) is 28.0 Å².